The molecule has 0 bridgehead atoms. The Hall–Kier alpha value is -2.15. The van der Waals surface area contributed by atoms with Crippen molar-refractivity contribution in [2.45, 2.75) is 32.2 Å². The van der Waals surface area contributed by atoms with Crippen LogP contribution in [-0.2, 0) is 9.59 Å². The standard InChI is InChI=1S/C17H23FN2O4/c1-10-6-12(24-3)7-14(18)17(10)13-8-16(23)20(4-5-21)9-15(13)19-11(2)22/h6-7,13,15,21H,4-5,8-9H2,1-3H3,(H,19,22)/t13?,15-/m1/s1. The zero-order valence-corrected chi connectivity index (χ0v) is 14.1. The molecule has 1 heterocycles. The number of halogens is 1. The molecule has 1 aliphatic rings. The smallest absolute Gasteiger partial charge is 0.223 e. The van der Waals surface area contributed by atoms with Gasteiger partial charge in [-0.2, -0.15) is 0 Å². The molecule has 2 amide bonds. The van der Waals surface area contributed by atoms with Gasteiger partial charge in [-0.05, 0) is 24.1 Å². The van der Waals surface area contributed by atoms with Gasteiger partial charge >= 0.3 is 0 Å². The number of amides is 2. The van der Waals surface area contributed by atoms with Gasteiger partial charge in [-0.1, -0.05) is 0 Å². The summed E-state index contributed by atoms with van der Waals surface area (Å²) in [6.07, 6.45) is 0.0784. The van der Waals surface area contributed by atoms with Crippen LogP contribution in [0.2, 0.25) is 0 Å². The van der Waals surface area contributed by atoms with E-state index in [0.717, 1.165) is 0 Å². The number of aryl methyl sites for hydroxylation is 1. The van der Waals surface area contributed by atoms with E-state index < -0.39 is 17.8 Å². The maximum atomic E-state index is 14.6. The number of aliphatic hydroxyl groups excluding tert-OH is 1. The number of piperidine rings is 1. The van der Waals surface area contributed by atoms with Gasteiger partial charge in [-0.15, -0.1) is 0 Å². The average molecular weight is 338 g/mol. The van der Waals surface area contributed by atoms with E-state index in [1.807, 2.05) is 0 Å². The lowest BCUT2D eigenvalue weighted by atomic mass is 9.82. The van der Waals surface area contributed by atoms with Crippen LogP contribution in [-0.4, -0.2) is 54.7 Å². The van der Waals surface area contributed by atoms with Crippen molar-refractivity contribution in [3.05, 3.63) is 29.1 Å². The second-order valence-electron chi connectivity index (χ2n) is 6.02. The minimum Gasteiger partial charge on any atom is -0.497 e. The van der Waals surface area contributed by atoms with E-state index in [1.54, 1.807) is 13.0 Å². The van der Waals surface area contributed by atoms with Crippen LogP contribution < -0.4 is 10.1 Å². The van der Waals surface area contributed by atoms with Crippen LogP contribution >= 0.6 is 0 Å². The molecule has 2 N–H and O–H groups in total. The van der Waals surface area contributed by atoms with Crippen molar-refractivity contribution in [3.8, 4) is 5.75 Å². The fraction of sp³-hybridized carbons (Fsp3) is 0.529. The first-order valence-corrected chi connectivity index (χ1v) is 7.87. The van der Waals surface area contributed by atoms with E-state index in [9.17, 15) is 14.0 Å². The van der Waals surface area contributed by atoms with E-state index in [4.69, 9.17) is 9.84 Å². The average Bonchev–Trinajstić information content (AvgIpc) is 2.50. The molecular weight excluding hydrogens is 315 g/mol. The molecule has 0 spiro atoms. The van der Waals surface area contributed by atoms with Crippen molar-refractivity contribution in [2.75, 3.05) is 26.8 Å². The lowest BCUT2D eigenvalue weighted by molar-refractivity contribution is -0.136. The molecule has 132 valence electrons. The van der Waals surface area contributed by atoms with E-state index in [-0.39, 0.29) is 37.9 Å². The van der Waals surface area contributed by atoms with Crippen LogP contribution in [0.5, 0.6) is 5.75 Å². The first kappa shape index (κ1) is 18.2. The summed E-state index contributed by atoms with van der Waals surface area (Å²) in [6, 6.07) is 2.60. The molecule has 0 aromatic heterocycles. The summed E-state index contributed by atoms with van der Waals surface area (Å²) >= 11 is 0. The second-order valence-corrected chi connectivity index (χ2v) is 6.02. The molecule has 1 aliphatic heterocycles. The van der Waals surface area contributed by atoms with E-state index in [2.05, 4.69) is 5.32 Å². The molecule has 0 aliphatic carbocycles. The molecule has 1 aromatic rings. The van der Waals surface area contributed by atoms with Gasteiger partial charge in [0, 0.05) is 38.4 Å². The van der Waals surface area contributed by atoms with E-state index in [1.165, 1.54) is 25.0 Å². The van der Waals surface area contributed by atoms with Crippen molar-refractivity contribution >= 4 is 11.8 Å². The number of likely N-dealkylation sites (tertiary alicyclic amines) is 1. The Morgan fingerprint density at radius 2 is 2.21 bits per heavy atom. The molecule has 2 rings (SSSR count). The third-order valence-electron chi connectivity index (χ3n) is 4.32. The Bertz CT molecular complexity index is 612. The quantitative estimate of drug-likeness (QED) is 0.838. The summed E-state index contributed by atoms with van der Waals surface area (Å²) in [5.74, 6) is -0.896. The highest BCUT2D eigenvalue weighted by Crippen LogP contribution is 2.35. The maximum Gasteiger partial charge on any atom is 0.223 e. The highest BCUT2D eigenvalue weighted by atomic mass is 19.1. The van der Waals surface area contributed by atoms with Crippen LogP contribution in [0.15, 0.2) is 12.1 Å². The van der Waals surface area contributed by atoms with Gasteiger partial charge in [0.25, 0.3) is 0 Å². The third-order valence-corrected chi connectivity index (χ3v) is 4.32. The van der Waals surface area contributed by atoms with E-state index >= 15 is 0 Å². The van der Waals surface area contributed by atoms with Gasteiger partial charge in [0.15, 0.2) is 0 Å². The molecule has 6 nitrogen and oxygen atoms in total. The van der Waals surface area contributed by atoms with Crippen molar-refractivity contribution < 1.29 is 23.8 Å². The summed E-state index contributed by atoms with van der Waals surface area (Å²) in [5, 5.41) is 11.9. The first-order chi connectivity index (χ1) is 11.4. The number of methoxy groups -OCH3 is 1. The van der Waals surface area contributed by atoms with Crippen molar-refractivity contribution in [2.24, 2.45) is 0 Å². The summed E-state index contributed by atoms with van der Waals surface area (Å²) < 4.78 is 19.7. The molecule has 2 atom stereocenters. The SMILES string of the molecule is COc1cc(C)c(C2CC(=O)N(CCO)C[C@H]2NC(C)=O)c(F)c1. The van der Waals surface area contributed by atoms with Crippen molar-refractivity contribution in [1.29, 1.82) is 0 Å². The number of rotatable bonds is 5. The number of carbonyl (C=O) groups is 2. The first-order valence-electron chi connectivity index (χ1n) is 7.87. The Labute approximate surface area is 140 Å². The lowest BCUT2D eigenvalue weighted by Gasteiger charge is -2.39. The summed E-state index contributed by atoms with van der Waals surface area (Å²) in [6.45, 7) is 3.44. The second kappa shape index (κ2) is 7.61. The monoisotopic (exact) mass is 338 g/mol. The predicted molar refractivity (Wildman–Crippen MR) is 86.3 cm³/mol. The zero-order chi connectivity index (χ0) is 17.9. The van der Waals surface area contributed by atoms with Gasteiger partial charge in [0.05, 0.1) is 19.8 Å². The molecule has 0 saturated carbocycles. The van der Waals surface area contributed by atoms with Crippen molar-refractivity contribution in [3.63, 3.8) is 0 Å². The Kier molecular flexibility index (Phi) is 5.77. The predicted octanol–water partition coefficient (Wildman–Crippen LogP) is 0.956. The number of hydrogen-bond acceptors (Lipinski definition) is 4. The van der Waals surface area contributed by atoms with Crippen LogP contribution in [0.3, 0.4) is 0 Å². The van der Waals surface area contributed by atoms with Gasteiger partial charge < -0.3 is 20.1 Å². The van der Waals surface area contributed by atoms with Gasteiger partial charge in [0.2, 0.25) is 11.8 Å². The molecule has 7 heteroatoms. The lowest BCUT2D eigenvalue weighted by Crippen LogP contribution is -2.54. The number of β-amino-alcohol motifs (C(OH)–C–C–N with tert-alkyl or cyclic N) is 1. The number of hydrogen-bond donors (Lipinski definition) is 2. The fourth-order valence-corrected chi connectivity index (χ4v) is 3.28. The number of aliphatic hydroxyl groups is 1. The zero-order valence-electron chi connectivity index (χ0n) is 14.1. The number of nitrogens with one attached hydrogen (secondary N) is 1. The van der Waals surface area contributed by atoms with Gasteiger partial charge in [-0.3, -0.25) is 9.59 Å². The highest BCUT2D eigenvalue weighted by Gasteiger charge is 2.37. The van der Waals surface area contributed by atoms with E-state index in [0.29, 0.717) is 16.9 Å². The Balaban J connectivity index is 2.38. The van der Waals surface area contributed by atoms with Crippen LogP contribution in [0, 0.1) is 12.7 Å². The molecule has 1 aromatic carbocycles. The summed E-state index contributed by atoms with van der Waals surface area (Å²) in [4.78, 5) is 25.3. The number of nitrogens with zero attached hydrogens (tertiary/aromatic N) is 1. The molecule has 1 fully saturated rings. The summed E-state index contributed by atoms with van der Waals surface area (Å²) in [5.41, 5.74) is 1.10. The largest absolute Gasteiger partial charge is 0.497 e. The Morgan fingerprint density at radius 3 is 2.75 bits per heavy atom. The molecule has 0 radical (unpaired) electrons. The number of benzene rings is 1. The highest BCUT2D eigenvalue weighted by molar-refractivity contribution is 5.80. The normalized spacial score (nSPS) is 20.9. The molecule has 24 heavy (non-hydrogen) atoms. The maximum absolute atomic E-state index is 14.6. The summed E-state index contributed by atoms with van der Waals surface area (Å²) in [7, 11) is 1.46. The fourth-order valence-electron chi connectivity index (χ4n) is 3.28. The van der Waals surface area contributed by atoms with Gasteiger partial charge in [0.1, 0.15) is 11.6 Å². The topological polar surface area (TPSA) is 78.9 Å². The minimum atomic E-state index is -0.456. The molecule has 1 unspecified atom stereocenters. The van der Waals surface area contributed by atoms with Crippen LogP contribution in [0.25, 0.3) is 0 Å². The Morgan fingerprint density at radius 1 is 1.50 bits per heavy atom. The van der Waals surface area contributed by atoms with Crippen LogP contribution in [0.1, 0.15) is 30.4 Å². The van der Waals surface area contributed by atoms with Gasteiger partial charge in [-0.25, -0.2) is 4.39 Å². The van der Waals surface area contributed by atoms with Crippen molar-refractivity contribution in [1.82, 2.24) is 10.2 Å². The number of ether oxygens (including phenoxy) is 1. The molecular formula is C17H23FN2O4. The number of carbonyl (C=O) groups excluding carboxylic acids is 2. The molecule has 1 saturated heterocycles. The van der Waals surface area contributed by atoms with Crippen LogP contribution in [0.4, 0.5) is 4.39 Å². The third kappa shape index (κ3) is 3.84. The minimum absolute atomic E-state index is 0.0784.